The van der Waals surface area contributed by atoms with Crippen LogP contribution in [0.3, 0.4) is 0 Å². The van der Waals surface area contributed by atoms with E-state index in [0.717, 1.165) is 5.56 Å². The second-order valence-electron chi connectivity index (χ2n) is 3.74. The Bertz CT molecular complexity index is 525. The van der Waals surface area contributed by atoms with Crippen molar-refractivity contribution in [2.24, 2.45) is 0 Å². The second kappa shape index (κ2) is 4.79. The Kier molecular flexibility index (Phi) is 3.18. The van der Waals surface area contributed by atoms with Gasteiger partial charge in [0.2, 0.25) is 0 Å². The normalized spacial score (nSPS) is 18.4. The largest absolute Gasteiger partial charge is 0.497 e. The summed E-state index contributed by atoms with van der Waals surface area (Å²) in [6, 6.07) is 6.05. The Balaban J connectivity index is 2.34. The SMILES string of the molecule is COc1cccc(C2C=C(C(=O)O)NC(=O)N2)c1. The summed E-state index contributed by atoms with van der Waals surface area (Å²) in [7, 11) is 1.54. The van der Waals surface area contributed by atoms with Crippen molar-refractivity contribution >= 4 is 12.0 Å². The molecule has 6 nitrogen and oxygen atoms in total. The monoisotopic (exact) mass is 248 g/mol. The van der Waals surface area contributed by atoms with E-state index in [2.05, 4.69) is 10.6 Å². The van der Waals surface area contributed by atoms with Gasteiger partial charge in [-0.25, -0.2) is 9.59 Å². The average Bonchev–Trinajstić information content (AvgIpc) is 2.38. The predicted octanol–water partition coefficient (Wildman–Crippen LogP) is 1.02. The third-order valence-electron chi connectivity index (χ3n) is 2.55. The molecule has 18 heavy (non-hydrogen) atoms. The fourth-order valence-corrected chi connectivity index (χ4v) is 1.69. The minimum Gasteiger partial charge on any atom is -0.497 e. The molecule has 1 unspecified atom stereocenters. The number of hydrogen-bond donors (Lipinski definition) is 3. The molecule has 0 radical (unpaired) electrons. The van der Waals surface area contributed by atoms with Crippen molar-refractivity contribution in [2.45, 2.75) is 6.04 Å². The number of amides is 2. The van der Waals surface area contributed by atoms with E-state index in [1.165, 1.54) is 6.08 Å². The molecule has 0 saturated heterocycles. The summed E-state index contributed by atoms with van der Waals surface area (Å²) in [4.78, 5) is 22.2. The highest BCUT2D eigenvalue weighted by molar-refractivity contribution is 5.93. The smallest absolute Gasteiger partial charge is 0.352 e. The van der Waals surface area contributed by atoms with Crippen molar-refractivity contribution in [3.05, 3.63) is 41.6 Å². The molecular formula is C12H12N2O4. The summed E-state index contributed by atoms with van der Waals surface area (Å²) in [6.07, 6.45) is 1.44. The van der Waals surface area contributed by atoms with E-state index < -0.39 is 18.0 Å². The zero-order chi connectivity index (χ0) is 13.1. The van der Waals surface area contributed by atoms with Crippen molar-refractivity contribution in [2.75, 3.05) is 7.11 Å². The summed E-state index contributed by atoms with van der Waals surface area (Å²) in [5, 5.41) is 13.7. The molecule has 1 aromatic rings. The number of carboxylic acid groups (broad SMARTS) is 1. The Hall–Kier alpha value is -2.50. The van der Waals surface area contributed by atoms with E-state index in [1.54, 1.807) is 31.4 Å². The van der Waals surface area contributed by atoms with Gasteiger partial charge in [0.25, 0.3) is 0 Å². The van der Waals surface area contributed by atoms with Crippen molar-refractivity contribution in [1.82, 2.24) is 10.6 Å². The number of carbonyl (C=O) groups is 2. The average molecular weight is 248 g/mol. The van der Waals surface area contributed by atoms with Crippen LogP contribution in [0.1, 0.15) is 11.6 Å². The molecule has 2 amide bonds. The standard InChI is InChI=1S/C12H12N2O4/c1-18-8-4-2-3-7(5-8)9-6-10(11(15)16)14-12(17)13-9/h2-6,9H,1H3,(H,15,16)(H2,13,14,17). The Morgan fingerprint density at radius 3 is 2.89 bits per heavy atom. The van der Waals surface area contributed by atoms with Gasteiger partial charge in [-0.3, -0.25) is 0 Å². The number of benzene rings is 1. The van der Waals surface area contributed by atoms with Gasteiger partial charge >= 0.3 is 12.0 Å². The molecule has 2 rings (SSSR count). The van der Waals surface area contributed by atoms with Crippen LogP contribution >= 0.6 is 0 Å². The minimum atomic E-state index is -1.17. The number of rotatable bonds is 3. The lowest BCUT2D eigenvalue weighted by atomic mass is 10.0. The number of aliphatic carboxylic acids is 1. The van der Waals surface area contributed by atoms with Gasteiger partial charge < -0.3 is 20.5 Å². The van der Waals surface area contributed by atoms with Crippen molar-refractivity contribution < 1.29 is 19.4 Å². The number of carbonyl (C=O) groups excluding carboxylic acids is 1. The number of methoxy groups -OCH3 is 1. The van der Waals surface area contributed by atoms with Gasteiger partial charge in [-0.15, -0.1) is 0 Å². The Morgan fingerprint density at radius 1 is 1.44 bits per heavy atom. The van der Waals surface area contributed by atoms with Crippen LogP contribution in [0.5, 0.6) is 5.75 Å². The van der Waals surface area contributed by atoms with E-state index >= 15 is 0 Å². The summed E-state index contributed by atoms with van der Waals surface area (Å²) < 4.78 is 5.08. The van der Waals surface area contributed by atoms with Crippen LogP contribution in [0.25, 0.3) is 0 Å². The van der Waals surface area contributed by atoms with E-state index in [-0.39, 0.29) is 5.70 Å². The van der Waals surface area contributed by atoms with E-state index in [1.807, 2.05) is 0 Å². The lowest BCUT2D eigenvalue weighted by Crippen LogP contribution is -2.43. The van der Waals surface area contributed by atoms with Gasteiger partial charge in [0.15, 0.2) is 0 Å². The molecule has 0 fully saturated rings. The molecule has 94 valence electrons. The van der Waals surface area contributed by atoms with Gasteiger partial charge in [0, 0.05) is 0 Å². The lowest BCUT2D eigenvalue weighted by Gasteiger charge is -2.22. The topological polar surface area (TPSA) is 87.7 Å². The van der Waals surface area contributed by atoms with Crippen LogP contribution in [0, 0.1) is 0 Å². The van der Waals surface area contributed by atoms with Crippen LogP contribution in [0.2, 0.25) is 0 Å². The van der Waals surface area contributed by atoms with E-state index in [0.29, 0.717) is 5.75 Å². The third kappa shape index (κ3) is 2.42. The summed E-state index contributed by atoms with van der Waals surface area (Å²) in [6.45, 7) is 0. The highest BCUT2D eigenvalue weighted by atomic mass is 16.5. The number of urea groups is 1. The predicted molar refractivity (Wildman–Crippen MR) is 63.1 cm³/mol. The van der Waals surface area contributed by atoms with Gasteiger partial charge in [-0.05, 0) is 23.8 Å². The lowest BCUT2D eigenvalue weighted by molar-refractivity contribution is -0.133. The number of nitrogens with one attached hydrogen (secondary N) is 2. The first-order valence-electron chi connectivity index (χ1n) is 5.26. The molecular weight excluding hydrogens is 236 g/mol. The molecule has 0 spiro atoms. The quantitative estimate of drug-likeness (QED) is 0.745. The van der Waals surface area contributed by atoms with Crippen molar-refractivity contribution in [1.29, 1.82) is 0 Å². The molecule has 1 aliphatic rings. The molecule has 0 saturated carbocycles. The van der Waals surface area contributed by atoms with Gasteiger partial charge in [0.05, 0.1) is 13.2 Å². The van der Waals surface area contributed by atoms with Gasteiger partial charge in [0.1, 0.15) is 11.4 Å². The molecule has 0 aliphatic carbocycles. The number of hydrogen-bond acceptors (Lipinski definition) is 3. The first kappa shape index (κ1) is 12.0. The second-order valence-corrected chi connectivity index (χ2v) is 3.74. The number of ether oxygens (including phenoxy) is 1. The molecule has 0 aromatic heterocycles. The zero-order valence-corrected chi connectivity index (χ0v) is 9.64. The molecule has 1 heterocycles. The van der Waals surface area contributed by atoms with Crippen LogP contribution in [-0.2, 0) is 4.79 Å². The molecule has 3 N–H and O–H groups in total. The molecule has 0 bridgehead atoms. The summed E-state index contributed by atoms with van der Waals surface area (Å²) >= 11 is 0. The minimum absolute atomic E-state index is 0.133. The highest BCUT2D eigenvalue weighted by Gasteiger charge is 2.23. The fourth-order valence-electron chi connectivity index (χ4n) is 1.69. The number of carboxylic acids is 1. The van der Waals surface area contributed by atoms with Crippen molar-refractivity contribution in [3.63, 3.8) is 0 Å². The van der Waals surface area contributed by atoms with Gasteiger partial charge in [-0.1, -0.05) is 12.1 Å². The summed E-state index contributed by atoms with van der Waals surface area (Å²) in [5.41, 5.74) is 0.620. The van der Waals surface area contributed by atoms with Crippen LogP contribution in [0.4, 0.5) is 4.79 Å². The van der Waals surface area contributed by atoms with Crippen LogP contribution in [-0.4, -0.2) is 24.2 Å². The Morgan fingerprint density at radius 2 is 2.22 bits per heavy atom. The Labute approximate surface area is 103 Å². The molecule has 1 atom stereocenters. The van der Waals surface area contributed by atoms with Crippen LogP contribution in [0.15, 0.2) is 36.0 Å². The molecule has 1 aliphatic heterocycles. The maximum atomic E-state index is 11.4. The zero-order valence-electron chi connectivity index (χ0n) is 9.64. The maximum absolute atomic E-state index is 11.4. The first-order chi connectivity index (χ1) is 8.60. The fraction of sp³-hybridized carbons (Fsp3) is 0.167. The van der Waals surface area contributed by atoms with E-state index in [9.17, 15) is 9.59 Å². The van der Waals surface area contributed by atoms with Crippen molar-refractivity contribution in [3.8, 4) is 5.75 Å². The van der Waals surface area contributed by atoms with E-state index in [4.69, 9.17) is 9.84 Å². The summed E-state index contributed by atoms with van der Waals surface area (Å²) in [5.74, 6) is -0.525. The van der Waals surface area contributed by atoms with Gasteiger partial charge in [-0.2, -0.15) is 0 Å². The molecule has 1 aromatic carbocycles. The molecule has 6 heteroatoms. The van der Waals surface area contributed by atoms with Crippen LogP contribution < -0.4 is 15.4 Å². The third-order valence-corrected chi connectivity index (χ3v) is 2.55. The maximum Gasteiger partial charge on any atom is 0.352 e. The first-order valence-corrected chi connectivity index (χ1v) is 5.26. The highest BCUT2D eigenvalue weighted by Crippen LogP contribution is 2.22.